The second-order valence-corrected chi connectivity index (χ2v) is 3.50. The highest BCUT2D eigenvalue weighted by atomic mass is 16.2. The average molecular weight is 184 g/mol. The molecule has 4 nitrogen and oxygen atoms in total. The number of likely N-dealkylation sites (tertiary alicyclic amines) is 1. The molecule has 13 heavy (non-hydrogen) atoms. The van der Waals surface area contributed by atoms with Gasteiger partial charge in [-0.25, -0.2) is 0 Å². The van der Waals surface area contributed by atoms with Crippen molar-refractivity contribution in [1.82, 2.24) is 4.90 Å². The molecule has 0 aliphatic carbocycles. The molecule has 1 fully saturated rings. The molecule has 0 spiro atoms. The lowest BCUT2D eigenvalue weighted by molar-refractivity contribution is -0.128. The van der Waals surface area contributed by atoms with Gasteiger partial charge in [-0.2, -0.15) is 0 Å². The van der Waals surface area contributed by atoms with Gasteiger partial charge in [0.15, 0.2) is 0 Å². The summed E-state index contributed by atoms with van der Waals surface area (Å²) in [4.78, 5) is 23.9. The molecular weight excluding hydrogens is 168 g/mol. The van der Waals surface area contributed by atoms with E-state index in [2.05, 4.69) is 6.92 Å². The molecule has 1 aliphatic heterocycles. The van der Waals surface area contributed by atoms with Crippen molar-refractivity contribution < 1.29 is 9.59 Å². The number of carbonyl (C=O) groups is 2. The molecule has 1 rings (SSSR count). The Morgan fingerprint density at radius 1 is 1.69 bits per heavy atom. The topological polar surface area (TPSA) is 63.4 Å². The Kier molecular flexibility index (Phi) is 3.28. The fraction of sp³-hybridized carbons (Fsp3) is 0.778. The van der Waals surface area contributed by atoms with Gasteiger partial charge in [0.05, 0.1) is 5.92 Å². The number of carbonyl (C=O) groups excluding carboxylic acids is 2. The summed E-state index contributed by atoms with van der Waals surface area (Å²) in [5.74, 6) is -0.547. The predicted molar refractivity (Wildman–Crippen MR) is 48.8 cm³/mol. The van der Waals surface area contributed by atoms with E-state index in [4.69, 9.17) is 5.73 Å². The van der Waals surface area contributed by atoms with Gasteiger partial charge in [0.2, 0.25) is 11.8 Å². The maximum atomic E-state index is 11.3. The van der Waals surface area contributed by atoms with Crippen molar-refractivity contribution in [3.63, 3.8) is 0 Å². The summed E-state index contributed by atoms with van der Waals surface area (Å²) < 4.78 is 0. The Morgan fingerprint density at radius 2 is 2.38 bits per heavy atom. The SMILES string of the molecule is CCCCN1CC(C(N)=O)CC1=O. The van der Waals surface area contributed by atoms with Crippen LogP contribution in [-0.4, -0.2) is 29.8 Å². The van der Waals surface area contributed by atoms with Gasteiger partial charge in [0.1, 0.15) is 0 Å². The highest BCUT2D eigenvalue weighted by Gasteiger charge is 2.32. The normalized spacial score (nSPS) is 22.4. The van der Waals surface area contributed by atoms with E-state index in [0.717, 1.165) is 19.4 Å². The van der Waals surface area contributed by atoms with Crippen LogP contribution in [0, 0.1) is 5.92 Å². The Balaban J connectivity index is 2.42. The van der Waals surface area contributed by atoms with E-state index >= 15 is 0 Å². The molecule has 1 atom stereocenters. The smallest absolute Gasteiger partial charge is 0.223 e. The maximum Gasteiger partial charge on any atom is 0.223 e. The third-order valence-electron chi connectivity index (χ3n) is 2.40. The van der Waals surface area contributed by atoms with Crippen LogP contribution in [0.2, 0.25) is 0 Å². The molecule has 1 saturated heterocycles. The lowest BCUT2D eigenvalue weighted by Crippen LogP contribution is -2.29. The van der Waals surface area contributed by atoms with Gasteiger partial charge in [-0.05, 0) is 6.42 Å². The molecule has 0 radical (unpaired) electrons. The van der Waals surface area contributed by atoms with Crippen LogP contribution >= 0.6 is 0 Å². The standard InChI is InChI=1S/C9H16N2O2/c1-2-3-4-11-6-7(9(10)13)5-8(11)12/h7H,2-6H2,1H3,(H2,10,13). The molecule has 1 aliphatic rings. The zero-order chi connectivity index (χ0) is 9.84. The third-order valence-corrected chi connectivity index (χ3v) is 2.40. The van der Waals surface area contributed by atoms with E-state index < -0.39 is 0 Å². The van der Waals surface area contributed by atoms with Gasteiger partial charge in [0.25, 0.3) is 0 Å². The van der Waals surface area contributed by atoms with Crippen LogP contribution in [0.4, 0.5) is 0 Å². The first kappa shape index (κ1) is 10.0. The molecule has 2 N–H and O–H groups in total. The van der Waals surface area contributed by atoms with Crippen LogP contribution in [0.15, 0.2) is 0 Å². The largest absolute Gasteiger partial charge is 0.369 e. The summed E-state index contributed by atoms with van der Waals surface area (Å²) in [5.41, 5.74) is 5.13. The lowest BCUT2D eigenvalue weighted by atomic mass is 10.1. The quantitative estimate of drug-likeness (QED) is 0.674. The molecule has 1 unspecified atom stereocenters. The second kappa shape index (κ2) is 4.25. The number of rotatable bonds is 4. The summed E-state index contributed by atoms with van der Waals surface area (Å²) in [6.45, 7) is 3.36. The van der Waals surface area contributed by atoms with Gasteiger partial charge >= 0.3 is 0 Å². The molecule has 0 aromatic rings. The number of nitrogens with two attached hydrogens (primary N) is 1. The van der Waals surface area contributed by atoms with Crippen LogP contribution in [-0.2, 0) is 9.59 Å². The maximum absolute atomic E-state index is 11.3. The average Bonchev–Trinajstić information content (AvgIpc) is 2.44. The van der Waals surface area contributed by atoms with Crippen molar-refractivity contribution >= 4 is 11.8 Å². The van der Waals surface area contributed by atoms with E-state index in [9.17, 15) is 9.59 Å². The van der Waals surface area contributed by atoms with E-state index in [1.54, 1.807) is 4.90 Å². The van der Waals surface area contributed by atoms with Crippen LogP contribution in [0.3, 0.4) is 0 Å². The monoisotopic (exact) mass is 184 g/mol. The fourth-order valence-corrected chi connectivity index (χ4v) is 1.53. The Labute approximate surface area is 78.1 Å². The second-order valence-electron chi connectivity index (χ2n) is 3.50. The van der Waals surface area contributed by atoms with Gasteiger partial charge in [0, 0.05) is 19.5 Å². The third kappa shape index (κ3) is 2.44. The zero-order valence-electron chi connectivity index (χ0n) is 7.95. The minimum absolute atomic E-state index is 0.0669. The van der Waals surface area contributed by atoms with Crippen LogP contribution < -0.4 is 5.73 Å². The van der Waals surface area contributed by atoms with Crippen LogP contribution in [0.25, 0.3) is 0 Å². The zero-order valence-corrected chi connectivity index (χ0v) is 7.95. The Bertz CT molecular complexity index is 216. The van der Waals surface area contributed by atoms with Crippen molar-refractivity contribution in [2.24, 2.45) is 11.7 Å². The molecule has 0 bridgehead atoms. The van der Waals surface area contributed by atoms with E-state index in [-0.39, 0.29) is 17.7 Å². The Morgan fingerprint density at radius 3 is 2.85 bits per heavy atom. The van der Waals surface area contributed by atoms with Crippen molar-refractivity contribution in [2.75, 3.05) is 13.1 Å². The van der Waals surface area contributed by atoms with Gasteiger partial charge in [-0.3, -0.25) is 9.59 Å². The fourth-order valence-electron chi connectivity index (χ4n) is 1.53. The summed E-state index contributed by atoms with van der Waals surface area (Å²) in [5, 5.41) is 0. The first-order valence-corrected chi connectivity index (χ1v) is 4.72. The number of nitrogens with zero attached hydrogens (tertiary/aromatic N) is 1. The first-order chi connectivity index (χ1) is 6.15. The van der Waals surface area contributed by atoms with Gasteiger partial charge in [-0.15, -0.1) is 0 Å². The summed E-state index contributed by atoms with van der Waals surface area (Å²) in [6.07, 6.45) is 2.36. The predicted octanol–water partition coefficient (Wildman–Crippen LogP) is 0.120. The van der Waals surface area contributed by atoms with Gasteiger partial charge < -0.3 is 10.6 Å². The number of hydrogen-bond donors (Lipinski definition) is 1. The molecule has 2 amide bonds. The number of primary amides is 1. The summed E-state index contributed by atoms with van der Waals surface area (Å²) in [6, 6.07) is 0. The lowest BCUT2D eigenvalue weighted by Gasteiger charge is -2.14. The van der Waals surface area contributed by atoms with E-state index in [0.29, 0.717) is 13.0 Å². The molecule has 1 heterocycles. The highest BCUT2D eigenvalue weighted by Crippen LogP contribution is 2.17. The highest BCUT2D eigenvalue weighted by molar-refractivity contribution is 5.88. The van der Waals surface area contributed by atoms with Crippen molar-refractivity contribution in [3.05, 3.63) is 0 Å². The van der Waals surface area contributed by atoms with Crippen LogP contribution in [0.1, 0.15) is 26.2 Å². The van der Waals surface area contributed by atoms with Crippen molar-refractivity contribution in [2.45, 2.75) is 26.2 Å². The number of hydrogen-bond acceptors (Lipinski definition) is 2. The molecule has 4 heteroatoms. The molecule has 0 aromatic carbocycles. The minimum Gasteiger partial charge on any atom is -0.369 e. The number of amides is 2. The first-order valence-electron chi connectivity index (χ1n) is 4.72. The van der Waals surface area contributed by atoms with Gasteiger partial charge in [-0.1, -0.05) is 13.3 Å². The van der Waals surface area contributed by atoms with Crippen molar-refractivity contribution in [3.8, 4) is 0 Å². The van der Waals surface area contributed by atoms with E-state index in [1.165, 1.54) is 0 Å². The minimum atomic E-state index is -0.354. The molecular formula is C9H16N2O2. The summed E-state index contributed by atoms with van der Waals surface area (Å²) >= 11 is 0. The van der Waals surface area contributed by atoms with Crippen molar-refractivity contribution in [1.29, 1.82) is 0 Å². The molecule has 74 valence electrons. The summed E-state index contributed by atoms with van der Waals surface area (Å²) in [7, 11) is 0. The molecule has 0 saturated carbocycles. The Hall–Kier alpha value is -1.06. The number of unbranched alkanes of at least 4 members (excludes halogenated alkanes) is 1. The van der Waals surface area contributed by atoms with Crippen LogP contribution in [0.5, 0.6) is 0 Å². The molecule has 0 aromatic heterocycles. The van der Waals surface area contributed by atoms with E-state index in [1.807, 2.05) is 0 Å².